The highest BCUT2D eigenvalue weighted by Crippen LogP contribution is 2.21. The number of alkyl halides is 3. The monoisotopic (exact) mass is 422 g/mol. The maximum atomic E-state index is 12.2. The molecule has 0 fully saturated rings. The topological polar surface area (TPSA) is 75.5 Å². The Hall–Kier alpha value is -3.14. The third-order valence-electron chi connectivity index (χ3n) is 3.90. The maximum Gasteiger partial charge on any atom is 0.405 e. The summed E-state index contributed by atoms with van der Waals surface area (Å²) in [6, 6.07) is 5.68. The summed E-state index contributed by atoms with van der Waals surface area (Å²) in [6.07, 6.45) is 0.404. The Balaban J connectivity index is 1.68. The van der Waals surface area contributed by atoms with Crippen molar-refractivity contribution in [3.05, 3.63) is 58.4 Å². The van der Waals surface area contributed by atoms with Gasteiger partial charge in [0.15, 0.2) is 4.96 Å². The molecule has 0 saturated carbocycles. The van der Waals surface area contributed by atoms with Crippen LogP contribution in [0.5, 0.6) is 0 Å². The Morgan fingerprint density at radius 1 is 1.28 bits per heavy atom. The number of anilines is 1. The summed E-state index contributed by atoms with van der Waals surface area (Å²) in [5.74, 6) is -1.32. The Morgan fingerprint density at radius 3 is 2.76 bits per heavy atom. The summed E-state index contributed by atoms with van der Waals surface area (Å²) in [6.45, 7) is 2.38. The first-order chi connectivity index (χ1) is 13.6. The predicted octanol–water partition coefficient (Wildman–Crippen LogP) is 3.96. The normalized spacial score (nSPS) is 11.9. The van der Waals surface area contributed by atoms with Crippen LogP contribution >= 0.6 is 11.3 Å². The van der Waals surface area contributed by atoms with Gasteiger partial charge in [-0.05, 0) is 38.1 Å². The van der Waals surface area contributed by atoms with Crippen molar-refractivity contribution in [1.29, 1.82) is 0 Å². The van der Waals surface area contributed by atoms with Crippen LogP contribution in [0.1, 0.15) is 26.6 Å². The van der Waals surface area contributed by atoms with Gasteiger partial charge in [0.05, 0.1) is 11.4 Å². The summed E-state index contributed by atoms with van der Waals surface area (Å²) in [7, 11) is 0. The fourth-order valence-corrected chi connectivity index (χ4v) is 3.52. The highest BCUT2D eigenvalue weighted by Gasteiger charge is 2.27. The number of hydrogen-bond donors (Lipinski definition) is 2. The molecule has 29 heavy (non-hydrogen) atoms. The molecule has 2 N–H and O–H groups in total. The molecule has 0 bridgehead atoms. The third kappa shape index (κ3) is 5.23. The van der Waals surface area contributed by atoms with Gasteiger partial charge in [0.25, 0.3) is 5.91 Å². The molecule has 0 atom stereocenters. The van der Waals surface area contributed by atoms with E-state index >= 15 is 0 Å². The van der Waals surface area contributed by atoms with Gasteiger partial charge in [-0.15, -0.1) is 11.3 Å². The van der Waals surface area contributed by atoms with Crippen molar-refractivity contribution >= 4 is 39.9 Å². The fourth-order valence-electron chi connectivity index (χ4n) is 2.64. The van der Waals surface area contributed by atoms with Gasteiger partial charge in [-0.25, -0.2) is 4.98 Å². The van der Waals surface area contributed by atoms with Gasteiger partial charge in [-0.1, -0.05) is 6.07 Å². The van der Waals surface area contributed by atoms with E-state index in [4.69, 9.17) is 0 Å². The van der Waals surface area contributed by atoms with E-state index in [1.165, 1.54) is 30.3 Å². The molecule has 0 saturated heterocycles. The van der Waals surface area contributed by atoms with Crippen LogP contribution in [-0.2, 0) is 4.79 Å². The molecule has 3 aromatic rings. The highest BCUT2D eigenvalue weighted by atomic mass is 32.1. The Labute approximate surface area is 168 Å². The molecule has 0 radical (unpaired) electrons. The van der Waals surface area contributed by atoms with E-state index in [0.717, 1.165) is 21.2 Å². The SMILES string of the molecule is Cc1cn2c(/C=C/C(=O)Nc3cccc(C(=O)NCC(F)(F)F)c3)c(C)nc2s1. The van der Waals surface area contributed by atoms with Crippen LogP contribution in [0.4, 0.5) is 18.9 Å². The second-order valence-electron chi connectivity index (χ2n) is 6.28. The molecule has 2 aromatic heterocycles. The lowest BCUT2D eigenvalue weighted by Crippen LogP contribution is -2.33. The van der Waals surface area contributed by atoms with Crippen molar-refractivity contribution in [3.8, 4) is 0 Å². The Kier molecular flexibility index (Phi) is 5.73. The van der Waals surface area contributed by atoms with Crippen LogP contribution in [-0.4, -0.2) is 33.9 Å². The smallest absolute Gasteiger partial charge is 0.343 e. The number of nitrogens with one attached hydrogen (secondary N) is 2. The van der Waals surface area contributed by atoms with E-state index in [9.17, 15) is 22.8 Å². The van der Waals surface area contributed by atoms with Gasteiger partial charge in [0.1, 0.15) is 6.54 Å². The van der Waals surface area contributed by atoms with Crippen LogP contribution in [0.3, 0.4) is 0 Å². The Morgan fingerprint density at radius 2 is 2.03 bits per heavy atom. The molecule has 2 amide bonds. The van der Waals surface area contributed by atoms with Gasteiger partial charge in [0.2, 0.25) is 5.91 Å². The molecule has 0 aliphatic carbocycles. The van der Waals surface area contributed by atoms with E-state index in [-0.39, 0.29) is 5.56 Å². The maximum absolute atomic E-state index is 12.2. The molecule has 3 rings (SSSR count). The van der Waals surface area contributed by atoms with E-state index < -0.39 is 24.5 Å². The largest absolute Gasteiger partial charge is 0.405 e. The zero-order valence-corrected chi connectivity index (χ0v) is 16.3. The Bertz CT molecular complexity index is 1100. The van der Waals surface area contributed by atoms with Gasteiger partial charge in [0, 0.05) is 28.4 Å². The first kappa shape index (κ1) is 20.6. The van der Waals surface area contributed by atoms with Crippen molar-refractivity contribution in [3.63, 3.8) is 0 Å². The lowest BCUT2D eigenvalue weighted by molar-refractivity contribution is -0.123. The predicted molar refractivity (Wildman–Crippen MR) is 105 cm³/mol. The average molecular weight is 422 g/mol. The van der Waals surface area contributed by atoms with E-state index in [1.807, 2.05) is 24.4 Å². The quantitative estimate of drug-likeness (QED) is 0.612. The van der Waals surface area contributed by atoms with Crippen LogP contribution in [0.2, 0.25) is 0 Å². The molecule has 2 heterocycles. The van der Waals surface area contributed by atoms with Crippen LogP contribution < -0.4 is 10.6 Å². The lowest BCUT2D eigenvalue weighted by atomic mass is 10.2. The third-order valence-corrected chi connectivity index (χ3v) is 4.80. The van der Waals surface area contributed by atoms with Crippen molar-refractivity contribution in [1.82, 2.24) is 14.7 Å². The summed E-state index contributed by atoms with van der Waals surface area (Å²) in [4.78, 5) is 30.4. The van der Waals surface area contributed by atoms with Crippen molar-refractivity contribution in [2.45, 2.75) is 20.0 Å². The van der Waals surface area contributed by atoms with E-state index in [2.05, 4.69) is 10.3 Å². The molecular weight excluding hydrogens is 405 g/mol. The summed E-state index contributed by atoms with van der Waals surface area (Å²) in [5.41, 5.74) is 1.86. The van der Waals surface area contributed by atoms with Gasteiger partial charge < -0.3 is 10.6 Å². The van der Waals surface area contributed by atoms with Crippen molar-refractivity contribution in [2.24, 2.45) is 0 Å². The number of benzene rings is 1. The van der Waals surface area contributed by atoms with Crippen LogP contribution in [0.25, 0.3) is 11.0 Å². The number of carbonyl (C=O) groups excluding carboxylic acids is 2. The molecule has 152 valence electrons. The summed E-state index contributed by atoms with van der Waals surface area (Å²) in [5, 5.41) is 4.38. The molecule has 10 heteroatoms. The number of hydrogen-bond acceptors (Lipinski definition) is 4. The molecule has 6 nitrogen and oxygen atoms in total. The van der Waals surface area contributed by atoms with Gasteiger partial charge >= 0.3 is 6.18 Å². The number of halogens is 3. The van der Waals surface area contributed by atoms with Gasteiger partial charge in [-0.3, -0.25) is 14.0 Å². The number of carbonyl (C=O) groups is 2. The minimum absolute atomic E-state index is 0.0121. The number of rotatable bonds is 5. The van der Waals surface area contributed by atoms with Gasteiger partial charge in [-0.2, -0.15) is 13.2 Å². The standard InChI is InChI=1S/C19H17F3N4O2S/c1-11-9-26-15(12(2)24-18(26)29-11)6-7-16(27)25-14-5-3-4-13(8-14)17(28)23-10-19(20,21)22/h3-9H,10H2,1-2H3,(H,23,28)(H,25,27)/b7-6+. The highest BCUT2D eigenvalue weighted by molar-refractivity contribution is 7.17. The number of amides is 2. The summed E-state index contributed by atoms with van der Waals surface area (Å²) >= 11 is 1.54. The molecule has 0 aliphatic heterocycles. The number of thiazole rings is 1. The number of aromatic nitrogens is 2. The minimum Gasteiger partial charge on any atom is -0.343 e. The molecule has 0 aliphatic rings. The second-order valence-corrected chi connectivity index (χ2v) is 7.49. The molecule has 0 spiro atoms. The minimum atomic E-state index is -4.50. The summed E-state index contributed by atoms with van der Waals surface area (Å²) < 4.78 is 38.6. The fraction of sp³-hybridized carbons (Fsp3) is 0.211. The lowest BCUT2D eigenvalue weighted by Gasteiger charge is -2.09. The van der Waals surface area contributed by atoms with Crippen LogP contribution in [0, 0.1) is 13.8 Å². The first-order valence-electron chi connectivity index (χ1n) is 8.51. The average Bonchev–Trinajstić information content (AvgIpc) is 3.12. The molecular formula is C19H17F3N4O2S. The zero-order chi connectivity index (χ0) is 21.2. The zero-order valence-electron chi connectivity index (χ0n) is 15.5. The van der Waals surface area contributed by atoms with Crippen molar-refractivity contribution < 1.29 is 22.8 Å². The molecule has 1 aromatic carbocycles. The van der Waals surface area contributed by atoms with E-state index in [1.54, 1.807) is 22.7 Å². The first-order valence-corrected chi connectivity index (χ1v) is 9.33. The van der Waals surface area contributed by atoms with Crippen molar-refractivity contribution in [2.75, 3.05) is 11.9 Å². The second kappa shape index (κ2) is 8.08. The van der Waals surface area contributed by atoms with E-state index in [0.29, 0.717) is 5.69 Å². The number of fused-ring (bicyclic) bond motifs is 1. The van der Waals surface area contributed by atoms with Crippen LogP contribution in [0.15, 0.2) is 36.5 Å². The number of imidazole rings is 1. The molecule has 0 unspecified atom stereocenters. The number of nitrogens with zero attached hydrogens (tertiary/aromatic N) is 2. The number of aryl methyl sites for hydroxylation is 2.